The van der Waals surface area contributed by atoms with Gasteiger partial charge in [0, 0.05) is 25.8 Å². The molecule has 9 heteroatoms. The van der Waals surface area contributed by atoms with E-state index in [0.717, 1.165) is 6.26 Å². The van der Waals surface area contributed by atoms with Crippen molar-refractivity contribution in [1.82, 2.24) is 10.6 Å². The first-order chi connectivity index (χ1) is 8.75. The van der Waals surface area contributed by atoms with Crippen LogP contribution in [0, 0.1) is 0 Å². The zero-order chi connectivity index (χ0) is 14.5. The van der Waals surface area contributed by atoms with E-state index < -0.39 is 27.4 Å². The van der Waals surface area contributed by atoms with E-state index in [2.05, 4.69) is 10.6 Å². The minimum absolute atomic E-state index is 0.0273. The first-order valence-electron chi connectivity index (χ1n) is 5.80. The molecule has 1 unspecified atom stereocenters. The molecule has 1 aliphatic heterocycles. The van der Waals surface area contributed by atoms with Gasteiger partial charge < -0.3 is 20.5 Å². The number of sulfone groups is 1. The molecule has 0 aromatic heterocycles. The molecular weight excluding hydrogens is 276 g/mol. The van der Waals surface area contributed by atoms with Crippen LogP contribution in [-0.2, 0) is 19.4 Å². The smallest absolute Gasteiger partial charge is 0.332 e. The molecule has 1 rings (SSSR count). The van der Waals surface area contributed by atoms with Gasteiger partial charge in [-0.2, -0.15) is 0 Å². The number of urea groups is 1. The normalized spacial score (nSPS) is 23.0. The van der Waals surface area contributed by atoms with Gasteiger partial charge in [-0.15, -0.1) is 0 Å². The van der Waals surface area contributed by atoms with Gasteiger partial charge in [0.05, 0.1) is 12.4 Å². The Bertz CT molecular complexity index is 441. The van der Waals surface area contributed by atoms with E-state index in [4.69, 9.17) is 9.84 Å². The lowest BCUT2D eigenvalue weighted by Crippen LogP contribution is -2.57. The molecule has 0 spiro atoms. The maximum Gasteiger partial charge on any atom is 0.332 e. The fourth-order valence-corrected chi connectivity index (χ4v) is 2.35. The molecule has 0 radical (unpaired) electrons. The highest BCUT2D eigenvalue weighted by Crippen LogP contribution is 2.18. The predicted molar refractivity (Wildman–Crippen MR) is 66.7 cm³/mol. The number of carbonyl (C=O) groups excluding carboxylic acids is 1. The van der Waals surface area contributed by atoms with Crippen LogP contribution in [0.4, 0.5) is 4.79 Å². The average molecular weight is 294 g/mol. The summed E-state index contributed by atoms with van der Waals surface area (Å²) in [5.41, 5.74) is -1.39. The van der Waals surface area contributed by atoms with Gasteiger partial charge in [0.2, 0.25) is 0 Å². The summed E-state index contributed by atoms with van der Waals surface area (Å²) in [5.74, 6) is -1.17. The van der Waals surface area contributed by atoms with Crippen LogP contribution in [0.15, 0.2) is 0 Å². The summed E-state index contributed by atoms with van der Waals surface area (Å²) in [4.78, 5) is 22.7. The van der Waals surface area contributed by atoms with Crippen molar-refractivity contribution in [2.75, 3.05) is 31.8 Å². The molecule has 1 fully saturated rings. The first-order valence-corrected chi connectivity index (χ1v) is 7.86. The standard InChI is InChI=1S/C10H18N2O6S/c1-19(16,17)6-2-4-11-9(15)12-10(8(13)14)3-5-18-7-10/h2-7H2,1H3,(H,13,14)(H2,11,12,15). The number of hydrogen-bond donors (Lipinski definition) is 3. The third kappa shape index (κ3) is 5.03. The Kier molecular flexibility index (Phi) is 5.12. The summed E-state index contributed by atoms with van der Waals surface area (Å²) >= 11 is 0. The van der Waals surface area contributed by atoms with Crippen LogP contribution in [0.5, 0.6) is 0 Å². The second-order valence-corrected chi connectivity index (χ2v) is 6.81. The molecule has 0 bridgehead atoms. The molecule has 0 saturated carbocycles. The molecule has 110 valence electrons. The van der Waals surface area contributed by atoms with Gasteiger partial charge in [-0.25, -0.2) is 18.0 Å². The fourth-order valence-electron chi connectivity index (χ4n) is 1.68. The maximum atomic E-state index is 11.5. The zero-order valence-corrected chi connectivity index (χ0v) is 11.5. The number of carboxylic acids is 1. The topological polar surface area (TPSA) is 122 Å². The van der Waals surface area contributed by atoms with Gasteiger partial charge in [-0.1, -0.05) is 0 Å². The van der Waals surface area contributed by atoms with Crippen LogP contribution < -0.4 is 10.6 Å². The second-order valence-electron chi connectivity index (χ2n) is 4.55. The highest BCUT2D eigenvalue weighted by atomic mass is 32.2. The number of rotatable bonds is 6. The molecule has 1 saturated heterocycles. The summed E-state index contributed by atoms with van der Waals surface area (Å²) in [6.45, 7) is 0.370. The van der Waals surface area contributed by atoms with Gasteiger partial charge in [-0.3, -0.25) is 0 Å². The third-order valence-corrected chi connectivity index (χ3v) is 3.79. The molecule has 8 nitrogen and oxygen atoms in total. The summed E-state index contributed by atoms with van der Waals surface area (Å²) < 4.78 is 26.7. The first kappa shape index (κ1) is 15.7. The SMILES string of the molecule is CS(=O)(=O)CCCNC(=O)NC1(C(=O)O)CCOC1. The van der Waals surface area contributed by atoms with E-state index >= 15 is 0 Å². The quantitative estimate of drug-likeness (QED) is 0.538. The van der Waals surface area contributed by atoms with Crippen LogP contribution in [0.1, 0.15) is 12.8 Å². The number of hydrogen-bond acceptors (Lipinski definition) is 5. The minimum atomic E-state index is -3.06. The van der Waals surface area contributed by atoms with E-state index in [1.807, 2.05) is 0 Å². The summed E-state index contributed by atoms with van der Waals surface area (Å²) in [6.07, 6.45) is 1.60. The van der Waals surface area contributed by atoms with Crippen molar-refractivity contribution < 1.29 is 27.9 Å². The average Bonchev–Trinajstić information content (AvgIpc) is 2.73. The molecule has 3 N–H and O–H groups in total. The molecule has 19 heavy (non-hydrogen) atoms. The Morgan fingerprint density at radius 2 is 2.11 bits per heavy atom. The third-order valence-electron chi connectivity index (χ3n) is 2.76. The molecule has 0 aliphatic carbocycles. The Morgan fingerprint density at radius 1 is 1.42 bits per heavy atom. The number of amides is 2. The van der Waals surface area contributed by atoms with Crippen molar-refractivity contribution in [2.45, 2.75) is 18.4 Å². The van der Waals surface area contributed by atoms with Crippen LogP contribution in [0.3, 0.4) is 0 Å². The Hall–Kier alpha value is -1.35. The summed E-state index contributed by atoms with van der Waals surface area (Å²) in [6, 6.07) is -0.638. The predicted octanol–water partition coefficient (Wildman–Crippen LogP) is -1.04. The lowest BCUT2D eigenvalue weighted by Gasteiger charge is -2.23. The van der Waals surface area contributed by atoms with Gasteiger partial charge in [-0.05, 0) is 6.42 Å². The Balaban J connectivity index is 2.36. The number of aliphatic carboxylic acids is 1. The van der Waals surface area contributed by atoms with Gasteiger partial charge in [0.15, 0.2) is 5.54 Å². The second kappa shape index (κ2) is 6.20. The number of carbonyl (C=O) groups is 2. The van der Waals surface area contributed by atoms with Crippen LogP contribution in [0.25, 0.3) is 0 Å². The fraction of sp³-hybridized carbons (Fsp3) is 0.800. The van der Waals surface area contributed by atoms with E-state index in [9.17, 15) is 18.0 Å². The van der Waals surface area contributed by atoms with Gasteiger partial charge in [0.1, 0.15) is 9.84 Å². The van der Waals surface area contributed by atoms with Crippen molar-refractivity contribution in [2.24, 2.45) is 0 Å². The lowest BCUT2D eigenvalue weighted by atomic mass is 9.99. The van der Waals surface area contributed by atoms with E-state index in [1.165, 1.54) is 0 Å². The van der Waals surface area contributed by atoms with Gasteiger partial charge >= 0.3 is 12.0 Å². The molecule has 1 aliphatic rings. The highest BCUT2D eigenvalue weighted by Gasteiger charge is 2.43. The van der Waals surface area contributed by atoms with Crippen LogP contribution in [0.2, 0.25) is 0 Å². The molecular formula is C10H18N2O6S. The molecule has 1 heterocycles. The molecule has 2 amide bonds. The van der Waals surface area contributed by atoms with E-state index in [0.29, 0.717) is 0 Å². The van der Waals surface area contributed by atoms with Crippen LogP contribution in [-0.4, -0.2) is 62.8 Å². The number of nitrogens with one attached hydrogen (secondary N) is 2. The zero-order valence-electron chi connectivity index (χ0n) is 10.6. The number of ether oxygens (including phenoxy) is 1. The lowest BCUT2D eigenvalue weighted by molar-refractivity contribution is -0.144. The van der Waals surface area contributed by atoms with E-state index in [-0.39, 0.29) is 38.4 Å². The van der Waals surface area contributed by atoms with Crippen molar-refractivity contribution in [1.29, 1.82) is 0 Å². The van der Waals surface area contributed by atoms with Crippen molar-refractivity contribution in [3.63, 3.8) is 0 Å². The monoisotopic (exact) mass is 294 g/mol. The maximum absolute atomic E-state index is 11.5. The van der Waals surface area contributed by atoms with Crippen molar-refractivity contribution in [3.05, 3.63) is 0 Å². The van der Waals surface area contributed by atoms with E-state index in [1.54, 1.807) is 0 Å². The highest BCUT2D eigenvalue weighted by molar-refractivity contribution is 7.90. The molecule has 0 aromatic carbocycles. The largest absolute Gasteiger partial charge is 0.479 e. The summed E-state index contributed by atoms with van der Waals surface area (Å²) in [7, 11) is -3.06. The number of carboxylic acid groups (broad SMARTS) is 1. The molecule has 0 aromatic rings. The molecule has 1 atom stereocenters. The van der Waals surface area contributed by atoms with Gasteiger partial charge in [0.25, 0.3) is 0 Å². The Labute approximate surface area is 111 Å². The Morgan fingerprint density at radius 3 is 2.58 bits per heavy atom. The van der Waals surface area contributed by atoms with Crippen LogP contribution >= 0.6 is 0 Å². The van der Waals surface area contributed by atoms with Crippen molar-refractivity contribution >= 4 is 21.8 Å². The summed E-state index contributed by atoms with van der Waals surface area (Å²) in [5, 5.41) is 13.9. The van der Waals surface area contributed by atoms with Crippen molar-refractivity contribution in [3.8, 4) is 0 Å². The minimum Gasteiger partial charge on any atom is -0.479 e.